The molecule has 17 heavy (non-hydrogen) atoms. The first-order chi connectivity index (χ1) is 8.04. The van der Waals surface area contributed by atoms with Crippen molar-refractivity contribution >= 4 is 15.9 Å². The summed E-state index contributed by atoms with van der Waals surface area (Å²) in [5.41, 5.74) is 6.31. The van der Waals surface area contributed by atoms with Gasteiger partial charge in [-0.05, 0) is 34.8 Å². The summed E-state index contributed by atoms with van der Waals surface area (Å²) in [4.78, 5) is 0. The van der Waals surface area contributed by atoms with Gasteiger partial charge in [-0.2, -0.15) is 0 Å². The second kappa shape index (κ2) is 6.21. The van der Waals surface area contributed by atoms with Crippen LogP contribution in [-0.4, -0.2) is 20.3 Å². The van der Waals surface area contributed by atoms with Crippen LogP contribution in [0, 0.1) is 5.82 Å². The summed E-state index contributed by atoms with van der Waals surface area (Å²) >= 11 is 3.24. The van der Waals surface area contributed by atoms with Crippen molar-refractivity contribution in [3.05, 3.63) is 21.9 Å². The normalized spacial score (nSPS) is 12.4. The molecule has 1 atom stereocenters. The summed E-state index contributed by atoms with van der Waals surface area (Å²) in [6.07, 6.45) is 1.20. The largest absolute Gasteiger partial charge is 0.496 e. The van der Waals surface area contributed by atoms with Crippen molar-refractivity contribution in [3.63, 3.8) is 0 Å². The van der Waals surface area contributed by atoms with Gasteiger partial charge in [0.05, 0.1) is 18.7 Å². The van der Waals surface area contributed by atoms with E-state index < -0.39 is 5.82 Å². The van der Waals surface area contributed by atoms with E-state index in [1.54, 1.807) is 6.07 Å². The summed E-state index contributed by atoms with van der Waals surface area (Å²) in [5, 5.41) is 0. The van der Waals surface area contributed by atoms with Crippen molar-refractivity contribution in [3.8, 4) is 11.5 Å². The van der Waals surface area contributed by atoms with E-state index in [1.165, 1.54) is 14.2 Å². The minimum Gasteiger partial charge on any atom is -0.496 e. The second-order valence-corrected chi connectivity index (χ2v) is 4.61. The fourth-order valence-electron chi connectivity index (χ4n) is 1.58. The molecule has 0 saturated heterocycles. The lowest BCUT2D eigenvalue weighted by Crippen LogP contribution is -2.22. The van der Waals surface area contributed by atoms with Crippen LogP contribution in [0.25, 0.3) is 0 Å². The number of hydrogen-bond donors (Lipinski definition) is 1. The van der Waals surface area contributed by atoms with Gasteiger partial charge in [0.2, 0.25) is 0 Å². The number of methoxy groups -OCH3 is 2. The number of benzene rings is 1. The molecule has 0 amide bonds. The zero-order chi connectivity index (χ0) is 13.0. The molecule has 0 aliphatic rings. The Kier molecular flexibility index (Phi) is 5.21. The molecule has 0 aromatic heterocycles. The summed E-state index contributed by atoms with van der Waals surface area (Å²) < 4.78 is 24.9. The average Bonchev–Trinajstić information content (AvgIpc) is 2.32. The molecular weight excluding hydrogens is 289 g/mol. The van der Waals surface area contributed by atoms with Gasteiger partial charge in [0.1, 0.15) is 5.75 Å². The van der Waals surface area contributed by atoms with Crippen LogP contribution in [0.2, 0.25) is 0 Å². The topological polar surface area (TPSA) is 44.5 Å². The van der Waals surface area contributed by atoms with E-state index in [0.717, 1.165) is 6.42 Å². The molecule has 0 radical (unpaired) electrons. The maximum absolute atomic E-state index is 14.2. The van der Waals surface area contributed by atoms with Crippen molar-refractivity contribution in [2.24, 2.45) is 5.73 Å². The van der Waals surface area contributed by atoms with Gasteiger partial charge in [-0.25, -0.2) is 4.39 Å². The van der Waals surface area contributed by atoms with Gasteiger partial charge in [-0.1, -0.05) is 6.92 Å². The molecule has 0 fully saturated rings. The zero-order valence-corrected chi connectivity index (χ0v) is 11.8. The van der Waals surface area contributed by atoms with Crippen molar-refractivity contribution in [1.29, 1.82) is 0 Å². The van der Waals surface area contributed by atoms with Gasteiger partial charge in [-0.3, -0.25) is 0 Å². The Labute approximate surface area is 109 Å². The number of nitrogens with two attached hydrogens (primary N) is 1. The Balaban J connectivity index is 3.24. The predicted octanol–water partition coefficient (Wildman–Crippen LogP) is 2.89. The molecule has 0 spiro atoms. The molecule has 5 heteroatoms. The summed E-state index contributed by atoms with van der Waals surface area (Å²) in [7, 11) is 2.94. The lowest BCUT2D eigenvalue weighted by molar-refractivity contribution is 0.367. The molecule has 0 bridgehead atoms. The minimum atomic E-state index is -0.414. The SMILES string of the molecule is CCC(N)Cc1c(OC)cc(Br)c(OC)c1F. The molecule has 0 saturated carbocycles. The van der Waals surface area contributed by atoms with Crippen LogP contribution in [0.3, 0.4) is 0 Å². The van der Waals surface area contributed by atoms with Crippen LogP contribution >= 0.6 is 15.9 Å². The van der Waals surface area contributed by atoms with Crippen LogP contribution in [0.5, 0.6) is 11.5 Å². The predicted molar refractivity (Wildman–Crippen MR) is 69.2 cm³/mol. The minimum absolute atomic E-state index is 0.0933. The third-order valence-electron chi connectivity index (χ3n) is 2.65. The molecule has 0 aliphatic carbocycles. The van der Waals surface area contributed by atoms with E-state index >= 15 is 0 Å². The van der Waals surface area contributed by atoms with E-state index in [1.807, 2.05) is 6.92 Å². The Morgan fingerprint density at radius 1 is 1.41 bits per heavy atom. The standard InChI is InChI=1S/C12H17BrFNO2/c1-4-7(15)5-8-10(16-2)6-9(13)12(17-3)11(8)14/h6-7H,4-5,15H2,1-3H3. The van der Waals surface area contributed by atoms with Gasteiger partial charge in [0.15, 0.2) is 11.6 Å². The van der Waals surface area contributed by atoms with E-state index in [9.17, 15) is 4.39 Å². The Morgan fingerprint density at radius 2 is 2.06 bits per heavy atom. The molecular formula is C12H17BrFNO2. The molecule has 3 nitrogen and oxygen atoms in total. The Morgan fingerprint density at radius 3 is 2.53 bits per heavy atom. The Bertz CT molecular complexity index is 399. The van der Waals surface area contributed by atoms with Crippen LogP contribution in [0.4, 0.5) is 4.39 Å². The van der Waals surface area contributed by atoms with Crippen LogP contribution in [0.15, 0.2) is 10.5 Å². The van der Waals surface area contributed by atoms with Crippen LogP contribution in [0.1, 0.15) is 18.9 Å². The first-order valence-corrected chi connectivity index (χ1v) is 6.18. The van der Waals surface area contributed by atoms with Gasteiger partial charge in [0, 0.05) is 11.6 Å². The highest BCUT2D eigenvalue weighted by Gasteiger charge is 2.20. The molecule has 1 aromatic rings. The maximum atomic E-state index is 14.2. The van der Waals surface area contributed by atoms with Crippen molar-refractivity contribution in [2.45, 2.75) is 25.8 Å². The first kappa shape index (κ1) is 14.3. The highest BCUT2D eigenvalue weighted by atomic mass is 79.9. The van der Waals surface area contributed by atoms with Crippen molar-refractivity contribution in [1.82, 2.24) is 0 Å². The van der Waals surface area contributed by atoms with Gasteiger partial charge in [-0.15, -0.1) is 0 Å². The Hall–Kier alpha value is -0.810. The van der Waals surface area contributed by atoms with Crippen LogP contribution in [-0.2, 0) is 6.42 Å². The summed E-state index contributed by atoms with van der Waals surface area (Å²) in [6.45, 7) is 1.96. The molecule has 1 aromatic carbocycles. The molecule has 96 valence electrons. The van der Waals surface area contributed by atoms with Gasteiger partial charge < -0.3 is 15.2 Å². The smallest absolute Gasteiger partial charge is 0.173 e. The molecule has 1 unspecified atom stereocenters. The third-order valence-corrected chi connectivity index (χ3v) is 3.24. The van der Waals surface area contributed by atoms with Crippen LogP contribution < -0.4 is 15.2 Å². The van der Waals surface area contributed by atoms with Gasteiger partial charge in [0.25, 0.3) is 0 Å². The first-order valence-electron chi connectivity index (χ1n) is 5.39. The lowest BCUT2D eigenvalue weighted by Gasteiger charge is -2.16. The molecule has 0 aliphatic heterocycles. The third kappa shape index (κ3) is 3.10. The van der Waals surface area contributed by atoms with Crippen molar-refractivity contribution in [2.75, 3.05) is 14.2 Å². The van der Waals surface area contributed by atoms with E-state index in [4.69, 9.17) is 15.2 Å². The number of hydrogen-bond acceptors (Lipinski definition) is 3. The van der Waals surface area contributed by atoms with Gasteiger partial charge >= 0.3 is 0 Å². The number of halogens is 2. The number of rotatable bonds is 5. The summed E-state index contributed by atoms with van der Waals surface area (Å²) in [5.74, 6) is 0.255. The highest BCUT2D eigenvalue weighted by Crippen LogP contribution is 2.37. The molecule has 1 rings (SSSR count). The monoisotopic (exact) mass is 305 g/mol. The van der Waals surface area contributed by atoms with Crippen molar-refractivity contribution < 1.29 is 13.9 Å². The fourth-order valence-corrected chi connectivity index (χ4v) is 2.13. The summed E-state index contributed by atoms with van der Waals surface area (Å²) in [6, 6.07) is 1.60. The average molecular weight is 306 g/mol. The zero-order valence-electron chi connectivity index (χ0n) is 10.2. The molecule has 2 N–H and O–H groups in total. The quantitative estimate of drug-likeness (QED) is 0.910. The van der Waals surface area contributed by atoms with E-state index in [-0.39, 0.29) is 11.8 Å². The lowest BCUT2D eigenvalue weighted by atomic mass is 10.0. The van der Waals surface area contributed by atoms with E-state index in [2.05, 4.69) is 15.9 Å². The maximum Gasteiger partial charge on any atom is 0.173 e. The highest BCUT2D eigenvalue weighted by molar-refractivity contribution is 9.10. The number of ether oxygens (including phenoxy) is 2. The van der Waals surface area contributed by atoms with E-state index in [0.29, 0.717) is 22.2 Å². The second-order valence-electron chi connectivity index (χ2n) is 3.76. The molecule has 0 heterocycles. The fraction of sp³-hybridized carbons (Fsp3) is 0.500.